The number of hydrogen-bond donors (Lipinski definition) is 1. The molecule has 3 aliphatic carbocycles. The van der Waals surface area contributed by atoms with Crippen LogP contribution in [0.25, 0.3) is 0 Å². The molecule has 0 spiro atoms. The van der Waals surface area contributed by atoms with E-state index in [1.54, 1.807) is 0 Å². The van der Waals surface area contributed by atoms with Gasteiger partial charge in [-0.3, -0.25) is 9.88 Å². The Labute approximate surface area is 121 Å². The van der Waals surface area contributed by atoms with Crippen LogP contribution in [0, 0.1) is 5.92 Å². The second-order valence-electron chi connectivity index (χ2n) is 6.88. The summed E-state index contributed by atoms with van der Waals surface area (Å²) < 4.78 is 0. The number of pyridine rings is 1. The van der Waals surface area contributed by atoms with E-state index in [0.29, 0.717) is 0 Å². The molecule has 0 saturated heterocycles. The van der Waals surface area contributed by atoms with Crippen LogP contribution in [0.3, 0.4) is 0 Å². The molecular formula is C17H25N3. The van der Waals surface area contributed by atoms with Gasteiger partial charge in [0, 0.05) is 31.7 Å². The summed E-state index contributed by atoms with van der Waals surface area (Å²) in [6, 6.07) is 8.14. The van der Waals surface area contributed by atoms with Gasteiger partial charge in [0.25, 0.3) is 0 Å². The second kappa shape index (κ2) is 5.45. The van der Waals surface area contributed by atoms with Crippen LogP contribution < -0.4 is 5.32 Å². The van der Waals surface area contributed by atoms with Gasteiger partial charge < -0.3 is 5.32 Å². The van der Waals surface area contributed by atoms with E-state index in [0.717, 1.165) is 31.1 Å². The van der Waals surface area contributed by atoms with Crippen molar-refractivity contribution >= 4 is 0 Å². The third-order valence-corrected chi connectivity index (χ3v) is 4.63. The Morgan fingerprint density at radius 2 is 1.85 bits per heavy atom. The molecule has 3 heteroatoms. The zero-order valence-electron chi connectivity index (χ0n) is 12.2. The molecule has 1 aromatic rings. The van der Waals surface area contributed by atoms with Gasteiger partial charge in [0.1, 0.15) is 0 Å². The first-order chi connectivity index (χ1) is 9.87. The van der Waals surface area contributed by atoms with Crippen molar-refractivity contribution in [3.8, 4) is 0 Å². The van der Waals surface area contributed by atoms with E-state index in [2.05, 4.69) is 28.4 Å². The molecule has 1 aromatic heterocycles. The van der Waals surface area contributed by atoms with Crippen LogP contribution in [0.2, 0.25) is 0 Å². The molecule has 0 amide bonds. The van der Waals surface area contributed by atoms with Gasteiger partial charge in [-0.15, -0.1) is 0 Å². The Morgan fingerprint density at radius 1 is 1.05 bits per heavy atom. The standard InChI is InChI=1S/C17H25N3/c1-2-15(10-18-14-6-7-14)19-16(3-1)12-20(17-8-9-17)11-13-4-5-13/h1-3,13-14,17-18H,4-12H2. The van der Waals surface area contributed by atoms with E-state index >= 15 is 0 Å². The molecule has 0 aliphatic heterocycles. The van der Waals surface area contributed by atoms with Gasteiger partial charge in [-0.25, -0.2) is 0 Å². The molecule has 3 fully saturated rings. The van der Waals surface area contributed by atoms with Gasteiger partial charge in [0.2, 0.25) is 0 Å². The lowest BCUT2D eigenvalue weighted by Gasteiger charge is -2.21. The molecule has 0 atom stereocenters. The Bertz CT molecular complexity index is 461. The fraction of sp³-hybridized carbons (Fsp3) is 0.706. The first kappa shape index (κ1) is 12.8. The molecule has 0 bridgehead atoms. The van der Waals surface area contributed by atoms with Crippen LogP contribution in [0.1, 0.15) is 49.9 Å². The molecule has 0 aromatic carbocycles. The Morgan fingerprint density at radius 3 is 2.55 bits per heavy atom. The van der Waals surface area contributed by atoms with Crippen LogP contribution in [0.15, 0.2) is 18.2 Å². The van der Waals surface area contributed by atoms with E-state index < -0.39 is 0 Å². The summed E-state index contributed by atoms with van der Waals surface area (Å²) in [7, 11) is 0. The molecule has 4 rings (SSSR count). The minimum absolute atomic E-state index is 0.762. The quantitative estimate of drug-likeness (QED) is 0.788. The molecule has 3 aliphatic rings. The van der Waals surface area contributed by atoms with Crippen molar-refractivity contribution in [2.45, 2.75) is 63.7 Å². The van der Waals surface area contributed by atoms with Gasteiger partial charge >= 0.3 is 0 Å². The third-order valence-electron chi connectivity index (χ3n) is 4.63. The van der Waals surface area contributed by atoms with Crippen LogP contribution >= 0.6 is 0 Å². The van der Waals surface area contributed by atoms with E-state index in [9.17, 15) is 0 Å². The number of hydrogen-bond acceptors (Lipinski definition) is 3. The van der Waals surface area contributed by atoms with E-state index in [-0.39, 0.29) is 0 Å². The number of nitrogens with one attached hydrogen (secondary N) is 1. The summed E-state index contributed by atoms with van der Waals surface area (Å²) in [4.78, 5) is 7.52. The van der Waals surface area contributed by atoms with Crippen molar-refractivity contribution in [1.82, 2.24) is 15.2 Å². The van der Waals surface area contributed by atoms with Gasteiger partial charge in [0.15, 0.2) is 0 Å². The normalized spacial score (nSPS) is 22.4. The van der Waals surface area contributed by atoms with Crippen molar-refractivity contribution in [1.29, 1.82) is 0 Å². The largest absolute Gasteiger partial charge is 0.308 e. The minimum Gasteiger partial charge on any atom is -0.308 e. The van der Waals surface area contributed by atoms with Crippen LogP contribution in [-0.4, -0.2) is 28.5 Å². The average Bonchev–Trinajstić information content (AvgIpc) is 3.28. The predicted octanol–water partition coefficient (Wildman–Crippen LogP) is 2.71. The minimum atomic E-state index is 0.762. The van der Waals surface area contributed by atoms with Gasteiger partial charge in [-0.2, -0.15) is 0 Å². The number of rotatable bonds is 8. The van der Waals surface area contributed by atoms with Crippen molar-refractivity contribution < 1.29 is 0 Å². The Kier molecular flexibility index (Phi) is 3.49. The lowest BCUT2D eigenvalue weighted by Crippen LogP contribution is -2.28. The number of aromatic nitrogens is 1. The summed E-state index contributed by atoms with van der Waals surface area (Å²) in [6.45, 7) is 3.29. The zero-order valence-corrected chi connectivity index (χ0v) is 12.2. The fourth-order valence-corrected chi connectivity index (χ4v) is 2.87. The molecule has 20 heavy (non-hydrogen) atoms. The highest BCUT2D eigenvalue weighted by atomic mass is 15.2. The smallest absolute Gasteiger partial charge is 0.0547 e. The van der Waals surface area contributed by atoms with Crippen LogP contribution in [0.4, 0.5) is 0 Å². The first-order valence-electron chi connectivity index (χ1n) is 8.29. The van der Waals surface area contributed by atoms with E-state index in [1.165, 1.54) is 56.5 Å². The lowest BCUT2D eigenvalue weighted by molar-refractivity contribution is 0.241. The predicted molar refractivity (Wildman–Crippen MR) is 80.3 cm³/mol. The number of nitrogens with zero attached hydrogens (tertiary/aromatic N) is 2. The fourth-order valence-electron chi connectivity index (χ4n) is 2.87. The molecule has 1 heterocycles. The molecular weight excluding hydrogens is 246 g/mol. The summed E-state index contributed by atoms with van der Waals surface area (Å²) in [6.07, 6.45) is 8.38. The highest BCUT2D eigenvalue weighted by Gasteiger charge is 2.33. The molecule has 108 valence electrons. The summed E-state index contributed by atoms with van der Waals surface area (Å²) in [5.74, 6) is 0.982. The van der Waals surface area contributed by atoms with E-state index in [1.807, 2.05) is 0 Å². The molecule has 0 unspecified atom stereocenters. The summed E-state index contributed by atoms with van der Waals surface area (Å²) in [5, 5.41) is 3.55. The van der Waals surface area contributed by atoms with Crippen molar-refractivity contribution in [2.24, 2.45) is 5.92 Å². The maximum atomic E-state index is 4.85. The highest BCUT2D eigenvalue weighted by molar-refractivity contribution is 5.12. The highest BCUT2D eigenvalue weighted by Crippen LogP contribution is 2.35. The Balaban J connectivity index is 1.36. The van der Waals surface area contributed by atoms with E-state index in [4.69, 9.17) is 4.98 Å². The molecule has 1 N–H and O–H groups in total. The van der Waals surface area contributed by atoms with Crippen molar-refractivity contribution in [3.05, 3.63) is 29.6 Å². The second-order valence-corrected chi connectivity index (χ2v) is 6.88. The lowest BCUT2D eigenvalue weighted by atomic mass is 10.2. The average molecular weight is 271 g/mol. The molecule has 3 nitrogen and oxygen atoms in total. The van der Waals surface area contributed by atoms with Crippen molar-refractivity contribution in [3.63, 3.8) is 0 Å². The maximum absolute atomic E-state index is 4.85. The van der Waals surface area contributed by atoms with Gasteiger partial charge in [0.05, 0.1) is 11.4 Å². The monoisotopic (exact) mass is 271 g/mol. The summed E-state index contributed by atoms with van der Waals surface area (Å²) >= 11 is 0. The van der Waals surface area contributed by atoms with Crippen molar-refractivity contribution in [2.75, 3.05) is 6.54 Å². The maximum Gasteiger partial charge on any atom is 0.0547 e. The van der Waals surface area contributed by atoms with Crippen LogP contribution in [0.5, 0.6) is 0 Å². The molecule has 0 radical (unpaired) electrons. The van der Waals surface area contributed by atoms with Gasteiger partial charge in [-0.1, -0.05) is 6.07 Å². The topological polar surface area (TPSA) is 28.2 Å². The van der Waals surface area contributed by atoms with Crippen LogP contribution in [-0.2, 0) is 13.1 Å². The van der Waals surface area contributed by atoms with Gasteiger partial charge in [-0.05, 0) is 56.6 Å². The Hall–Kier alpha value is -0.930. The SMILES string of the molecule is c1cc(CNC2CC2)nc(CN(CC2CC2)C2CC2)c1. The first-order valence-corrected chi connectivity index (χ1v) is 8.29. The third kappa shape index (κ3) is 3.58. The zero-order chi connectivity index (χ0) is 13.4. The molecule has 3 saturated carbocycles. The summed E-state index contributed by atoms with van der Waals surface area (Å²) in [5.41, 5.74) is 2.46.